The maximum atomic E-state index is 5.93. The number of hydrogen-bond donors (Lipinski definition) is 1. The van der Waals surface area contributed by atoms with Crippen molar-refractivity contribution in [1.82, 2.24) is 5.32 Å². The summed E-state index contributed by atoms with van der Waals surface area (Å²) in [5.74, 6) is 2.63. The van der Waals surface area contributed by atoms with E-state index < -0.39 is 0 Å². The van der Waals surface area contributed by atoms with Gasteiger partial charge in [0.15, 0.2) is 0 Å². The van der Waals surface area contributed by atoms with E-state index in [1.807, 2.05) is 6.07 Å². The highest BCUT2D eigenvalue weighted by atomic mass is 79.9. The van der Waals surface area contributed by atoms with Crippen LogP contribution in [-0.4, -0.2) is 19.7 Å². The Balaban J connectivity index is 1.78. The van der Waals surface area contributed by atoms with Crippen molar-refractivity contribution in [2.75, 3.05) is 19.7 Å². The van der Waals surface area contributed by atoms with Gasteiger partial charge in [0.1, 0.15) is 5.75 Å². The van der Waals surface area contributed by atoms with Gasteiger partial charge in [-0.3, -0.25) is 0 Å². The summed E-state index contributed by atoms with van der Waals surface area (Å²) >= 11 is 3.54. The molecule has 1 saturated heterocycles. The molecule has 1 aromatic rings. The summed E-state index contributed by atoms with van der Waals surface area (Å²) in [7, 11) is 0. The van der Waals surface area contributed by atoms with E-state index in [0.29, 0.717) is 0 Å². The fourth-order valence-corrected chi connectivity index (χ4v) is 3.10. The fraction of sp³-hybridized carbons (Fsp3) is 0.625. The lowest BCUT2D eigenvalue weighted by Crippen LogP contribution is -2.31. The minimum atomic E-state index is 0.759. The van der Waals surface area contributed by atoms with Crippen molar-refractivity contribution < 1.29 is 4.74 Å². The molecule has 1 aliphatic rings. The Hall–Kier alpha value is -0.540. The van der Waals surface area contributed by atoms with Crippen molar-refractivity contribution in [3.63, 3.8) is 0 Å². The van der Waals surface area contributed by atoms with Crippen molar-refractivity contribution in [2.45, 2.75) is 33.1 Å². The molecule has 0 aliphatic carbocycles. The lowest BCUT2D eigenvalue weighted by atomic mass is 9.84. The first kappa shape index (κ1) is 14.9. The van der Waals surface area contributed by atoms with Crippen LogP contribution in [0.15, 0.2) is 22.7 Å². The minimum absolute atomic E-state index is 0.759. The topological polar surface area (TPSA) is 21.3 Å². The molecular formula is C16H24BrNO. The smallest absolute Gasteiger partial charge is 0.123 e. The Morgan fingerprint density at radius 2 is 2.11 bits per heavy atom. The van der Waals surface area contributed by atoms with Crippen molar-refractivity contribution >= 4 is 15.9 Å². The molecule has 1 atom stereocenters. The SMILES string of the molecule is Cc1c(Br)cccc1OCC[C@@H](C)C1CCNCC1. The van der Waals surface area contributed by atoms with Crippen LogP contribution in [0.2, 0.25) is 0 Å². The molecule has 1 N–H and O–H groups in total. The molecule has 2 nitrogen and oxygen atoms in total. The highest BCUT2D eigenvalue weighted by Crippen LogP contribution is 2.27. The maximum Gasteiger partial charge on any atom is 0.123 e. The molecule has 1 fully saturated rings. The summed E-state index contributed by atoms with van der Waals surface area (Å²) in [6, 6.07) is 6.14. The number of hydrogen-bond acceptors (Lipinski definition) is 2. The van der Waals surface area contributed by atoms with Gasteiger partial charge in [-0.15, -0.1) is 0 Å². The van der Waals surface area contributed by atoms with E-state index in [9.17, 15) is 0 Å². The lowest BCUT2D eigenvalue weighted by molar-refractivity contribution is 0.215. The molecule has 0 amide bonds. The van der Waals surface area contributed by atoms with E-state index in [4.69, 9.17) is 4.74 Å². The van der Waals surface area contributed by atoms with Crippen LogP contribution < -0.4 is 10.1 Å². The first-order chi connectivity index (χ1) is 9.18. The van der Waals surface area contributed by atoms with E-state index >= 15 is 0 Å². The number of benzene rings is 1. The third-order valence-electron chi connectivity index (χ3n) is 4.24. The molecule has 0 saturated carbocycles. The average Bonchev–Trinajstić information content (AvgIpc) is 2.44. The second-order valence-corrected chi connectivity index (χ2v) is 6.42. The Labute approximate surface area is 125 Å². The Morgan fingerprint density at radius 1 is 1.37 bits per heavy atom. The van der Waals surface area contributed by atoms with E-state index in [1.54, 1.807) is 0 Å². The Morgan fingerprint density at radius 3 is 2.84 bits per heavy atom. The standard InChI is InChI=1S/C16H24BrNO/c1-12(14-6-9-18-10-7-14)8-11-19-16-5-3-4-15(17)13(16)2/h3-5,12,14,18H,6-11H2,1-2H3/t12-/m1/s1. The van der Waals surface area contributed by atoms with Crippen molar-refractivity contribution in [2.24, 2.45) is 11.8 Å². The zero-order valence-corrected chi connectivity index (χ0v) is 13.5. The quantitative estimate of drug-likeness (QED) is 0.877. The molecule has 0 radical (unpaired) electrons. The van der Waals surface area contributed by atoms with Gasteiger partial charge in [-0.05, 0) is 63.2 Å². The van der Waals surface area contributed by atoms with Crippen LogP contribution in [0.1, 0.15) is 31.7 Å². The summed E-state index contributed by atoms with van der Waals surface area (Å²) in [5.41, 5.74) is 1.19. The summed E-state index contributed by atoms with van der Waals surface area (Å²) in [6.45, 7) is 7.65. The van der Waals surface area contributed by atoms with Gasteiger partial charge in [-0.2, -0.15) is 0 Å². The van der Waals surface area contributed by atoms with Gasteiger partial charge in [0, 0.05) is 10.0 Å². The minimum Gasteiger partial charge on any atom is -0.493 e. The molecule has 106 valence electrons. The highest BCUT2D eigenvalue weighted by molar-refractivity contribution is 9.10. The zero-order chi connectivity index (χ0) is 13.7. The maximum absolute atomic E-state index is 5.93. The molecule has 0 aromatic heterocycles. The van der Waals surface area contributed by atoms with E-state index in [2.05, 4.69) is 47.2 Å². The molecule has 19 heavy (non-hydrogen) atoms. The van der Waals surface area contributed by atoms with Crippen molar-refractivity contribution in [3.8, 4) is 5.75 Å². The predicted molar refractivity (Wildman–Crippen MR) is 83.7 cm³/mol. The molecule has 0 bridgehead atoms. The fourth-order valence-electron chi connectivity index (χ4n) is 2.75. The zero-order valence-electron chi connectivity index (χ0n) is 11.9. The van der Waals surface area contributed by atoms with Crippen molar-refractivity contribution in [1.29, 1.82) is 0 Å². The van der Waals surface area contributed by atoms with Gasteiger partial charge in [-0.1, -0.05) is 28.9 Å². The second kappa shape index (κ2) is 7.30. The van der Waals surface area contributed by atoms with Gasteiger partial charge in [0.05, 0.1) is 6.61 Å². The summed E-state index contributed by atoms with van der Waals surface area (Å²) in [5, 5.41) is 3.43. The van der Waals surface area contributed by atoms with Crippen LogP contribution in [0.4, 0.5) is 0 Å². The normalized spacial score (nSPS) is 18.3. The largest absolute Gasteiger partial charge is 0.493 e. The van der Waals surface area contributed by atoms with Crippen LogP contribution in [0.3, 0.4) is 0 Å². The Kier molecular flexibility index (Phi) is 5.71. The van der Waals surface area contributed by atoms with Gasteiger partial charge in [0.2, 0.25) is 0 Å². The average molecular weight is 326 g/mol. The Bertz CT molecular complexity index is 402. The van der Waals surface area contributed by atoms with Crippen LogP contribution in [0.5, 0.6) is 5.75 Å². The van der Waals surface area contributed by atoms with Gasteiger partial charge in [-0.25, -0.2) is 0 Å². The number of rotatable bonds is 5. The molecule has 1 heterocycles. The third kappa shape index (κ3) is 4.22. The van der Waals surface area contributed by atoms with Gasteiger partial charge < -0.3 is 10.1 Å². The molecule has 1 aromatic carbocycles. The molecule has 3 heteroatoms. The molecule has 0 unspecified atom stereocenters. The van der Waals surface area contributed by atoms with E-state index in [1.165, 1.54) is 31.5 Å². The summed E-state index contributed by atoms with van der Waals surface area (Å²) in [4.78, 5) is 0. The number of halogens is 1. The molecular weight excluding hydrogens is 302 g/mol. The first-order valence-electron chi connectivity index (χ1n) is 7.27. The highest BCUT2D eigenvalue weighted by Gasteiger charge is 2.19. The molecule has 2 rings (SSSR count). The monoisotopic (exact) mass is 325 g/mol. The van der Waals surface area contributed by atoms with Crippen LogP contribution in [0.25, 0.3) is 0 Å². The van der Waals surface area contributed by atoms with Crippen molar-refractivity contribution in [3.05, 3.63) is 28.2 Å². The number of ether oxygens (including phenoxy) is 1. The lowest BCUT2D eigenvalue weighted by Gasteiger charge is -2.28. The van der Waals surface area contributed by atoms with Gasteiger partial charge in [0.25, 0.3) is 0 Å². The second-order valence-electron chi connectivity index (χ2n) is 5.56. The van der Waals surface area contributed by atoms with Crippen LogP contribution in [-0.2, 0) is 0 Å². The summed E-state index contributed by atoms with van der Waals surface area (Å²) in [6.07, 6.45) is 3.78. The third-order valence-corrected chi connectivity index (χ3v) is 5.10. The number of piperidine rings is 1. The number of nitrogens with one attached hydrogen (secondary N) is 1. The molecule has 1 aliphatic heterocycles. The van der Waals surface area contributed by atoms with E-state index in [-0.39, 0.29) is 0 Å². The molecule has 0 spiro atoms. The van der Waals surface area contributed by atoms with Gasteiger partial charge >= 0.3 is 0 Å². The summed E-state index contributed by atoms with van der Waals surface area (Å²) < 4.78 is 7.06. The van der Waals surface area contributed by atoms with Crippen LogP contribution in [0, 0.1) is 18.8 Å². The predicted octanol–water partition coefficient (Wildman–Crippen LogP) is 4.16. The van der Waals surface area contributed by atoms with Crippen LogP contribution >= 0.6 is 15.9 Å². The van der Waals surface area contributed by atoms with E-state index in [0.717, 1.165) is 35.1 Å². The first-order valence-corrected chi connectivity index (χ1v) is 8.06.